The first kappa shape index (κ1) is 22.2. The number of rotatable bonds is 3. The molecule has 0 fully saturated rings. The van der Waals surface area contributed by atoms with Gasteiger partial charge in [-0.1, -0.05) is 0 Å². The van der Waals surface area contributed by atoms with Crippen molar-refractivity contribution < 1.29 is 4.57 Å². The maximum absolute atomic E-state index is 2.51. The van der Waals surface area contributed by atoms with E-state index >= 15 is 0 Å². The van der Waals surface area contributed by atoms with Gasteiger partial charge in [-0.25, -0.2) is 0 Å². The molecule has 2 heteroatoms. The number of aromatic nitrogens is 1. The van der Waals surface area contributed by atoms with Crippen molar-refractivity contribution >= 4 is 17.7 Å². The summed E-state index contributed by atoms with van der Waals surface area (Å²) >= 11 is -1.98. The molecule has 0 aliphatic carbocycles. The average Bonchev–Trinajstić information content (AvgIpc) is 2.44. The van der Waals surface area contributed by atoms with Gasteiger partial charge in [-0.05, 0) is 0 Å². The van der Waals surface area contributed by atoms with Crippen molar-refractivity contribution in [1.82, 2.24) is 0 Å². The molecule has 27 heavy (non-hydrogen) atoms. The van der Waals surface area contributed by atoms with Crippen LogP contribution in [0.1, 0.15) is 58.2 Å². The fraction of sp³-hybridized carbons (Fsp3) is 0.560. The summed E-state index contributed by atoms with van der Waals surface area (Å²) in [5.74, 6) is 7.54. The number of aryl methyl sites for hydroxylation is 2. The summed E-state index contributed by atoms with van der Waals surface area (Å²) in [5.41, 5.74) is 7.53. The number of hydrogen-bond donors (Lipinski definition) is 0. The number of benzene rings is 1. The molecule has 0 amide bonds. The van der Waals surface area contributed by atoms with Gasteiger partial charge in [-0.15, -0.1) is 0 Å². The van der Waals surface area contributed by atoms with E-state index in [9.17, 15) is 0 Å². The molecule has 0 atom stereocenters. The van der Waals surface area contributed by atoms with Crippen LogP contribution in [-0.4, -0.2) is 13.3 Å². The first-order valence-corrected chi connectivity index (χ1v) is 17.6. The van der Waals surface area contributed by atoms with Gasteiger partial charge in [-0.3, -0.25) is 0 Å². The number of nitrogens with zero attached hydrogens (tertiary/aromatic N) is 1. The van der Waals surface area contributed by atoms with Crippen molar-refractivity contribution in [2.45, 2.75) is 77.6 Å². The summed E-state index contributed by atoms with van der Waals surface area (Å²) in [7, 11) is 2.21. The van der Waals surface area contributed by atoms with Crippen molar-refractivity contribution in [3.8, 4) is 11.3 Å². The Labute approximate surface area is 170 Å². The Hall–Kier alpha value is -1.09. The van der Waals surface area contributed by atoms with Crippen LogP contribution in [0.3, 0.4) is 0 Å². The summed E-state index contributed by atoms with van der Waals surface area (Å²) in [4.78, 5) is 0. The zero-order chi connectivity index (χ0) is 20.8. The first-order valence-electron chi connectivity index (χ1n) is 10.2. The molecule has 0 bridgehead atoms. The standard InChI is InChI=1S/C25H40GeN/c1-18-14-20(25(5,6)7)12-13-21(18)23-15-22(26(8,9)10)19(17-27(23)11)16-24(2,3)4/h12-15,17H,16H2,1-11H3/q+1. The molecule has 148 valence electrons. The van der Waals surface area contributed by atoms with Crippen molar-refractivity contribution in [2.75, 3.05) is 0 Å². The predicted molar refractivity (Wildman–Crippen MR) is 123 cm³/mol. The monoisotopic (exact) mass is 428 g/mol. The zero-order valence-corrected chi connectivity index (χ0v) is 21.6. The molecule has 0 aliphatic rings. The Morgan fingerprint density at radius 3 is 1.96 bits per heavy atom. The molecule has 0 unspecified atom stereocenters. The van der Waals surface area contributed by atoms with Crippen LogP contribution in [0.2, 0.25) is 17.3 Å². The van der Waals surface area contributed by atoms with Crippen molar-refractivity contribution in [3.05, 3.63) is 47.2 Å². The fourth-order valence-electron chi connectivity index (χ4n) is 3.80. The van der Waals surface area contributed by atoms with E-state index in [2.05, 4.69) is 108 Å². The second-order valence-corrected chi connectivity index (χ2v) is 22.0. The second-order valence-electron chi connectivity index (χ2n) is 11.5. The van der Waals surface area contributed by atoms with Crippen molar-refractivity contribution in [2.24, 2.45) is 12.5 Å². The number of hydrogen-bond acceptors (Lipinski definition) is 0. The van der Waals surface area contributed by atoms with E-state index in [4.69, 9.17) is 0 Å². The van der Waals surface area contributed by atoms with Gasteiger partial charge in [0.15, 0.2) is 0 Å². The molecule has 1 nitrogen and oxygen atoms in total. The molecule has 1 heterocycles. The van der Waals surface area contributed by atoms with Crippen LogP contribution in [0.4, 0.5) is 0 Å². The van der Waals surface area contributed by atoms with Gasteiger partial charge >= 0.3 is 171 Å². The van der Waals surface area contributed by atoms with Crippen LogP contribution in [0.15, 0.2) is 30.5 Å². The summed E-state index contributed by atoms with van der Waals surface area (Å²) in [6, 6.07) is 9.52. The van der Waals surface area contributed by atoms with Crippen LogP contribution in [0, 0.1) is 12.3 Å². The SMILES string of the molecule is Cc1cc(C(C)(C)C)ccc1-c1c[c]([Ge]([CH3])([CH3])[CH3])c(CC(C)(C)C)c[n+]1C. The topological polar surface area (TPSA) is 3.88 Å². The molecular weight excluding hydrogens is 387 g/mol. The third-order valence-corrected chi connectivity index (χ3v) is 9.62. The minimum atomic E-state index is -1.98. The summed E-state index contributed by atoms with van der Waals surface area (Å²) in [6.07, 6.45) is 3.55. The molecule has 0 saturated heterocycles. The van der Waals surface area contributed by atoms with Crippen LogP contribution < -0.4 is 8.96 Å². The molecule has 0 N–H and O–H groups in total. The zero-order valence-electron chi connectivity index (χ0n) is 19.5. The van der Waals surface area contributed by atoms with Crippen LogP contribution in [0.25, 0.3) is 11.3 Å². The van der Waals surface area contributed by atoms with Gasteiger partial charge in [0.2, 0.25) is 0 Å². The van der Waals surface area contributed by atoms with E-state index in [0.717, 1.165) is 6.42 Å². The third kappa shape index (κ3) is 5.47. The summed E-state index contributed by atoms with van der Waals surface area (Å²) in [5, 5.41) is 0. The Morgan fingerprint density at radius 1 is 0.926 bits per heavy atom. The van der Waals surface area contributed by atoms with Crippen molar-refractivity contribution in [3.63, 3.8) is 0 Å². The normalized spacial score (nSPS) is 13.1. The quantitative estimate of drug-likeness (QED) is 0.423. The van der Waals surface area contributed by atoms with Gasteiger partial charge < -0.3 is 0 Å². The predicted octanol–water partition coefficient (Wildman–Crippen LogP) is 5.92. The Bertz CT molecular complexity index is 827. The van der Waals surface area contributed by atoms with Gasteiger partial charge in [-0.2, -0.15) is 0 Å². The van der Waals surface area contributed by atoms with Crippen LogP contribution in [-0.2, 0) is 18.9 Å². The van der Waals surface area contributed by atoms with Gasteiger partial charge in [0, 0.05) is 0 Å². The van der Waals surface area contributed by atoms with Gasteiger partial charge in [0.05, 0.1) is 0 Å². The molecule has 1 aromatic carbocycles. The molecule has 1 aromatic heterocycles. The Kier molecular flexibility index (Phi) is 6.08. The van der Waals surface area contributed by atoms with Gasteiger partial charge in [0.25, 0.3) is 0 Å². The molecule has 0 saturated carbocycles. The molecule has 2 aromatic rings. The van der Waals surface area contributed by atoms with Crippen LogP contribution >= 0.6 is 0 Å². The second kappa shape index (κ2) is 7.39. The fourth-order valence-corrected chi connectivity index (χ4v) is 7.34. The van der Waals surface area contributed by atoms with E-state index in [0.29, 0.717) is 5.41 Å². The molecule has 0 radical (unpaired) electrons. The van der Waals surface area contributed by atoms with E-state index in [1.165, 1.54) is 22.4 Å². The van der Waals surface area contributed by atoms with Gasteiger partial charge in [0.1, 0.15) is 0 Å². The van der Waals surface area contributed by atoms with E-state index in [1.807, 2.05) is 0 Å². The van der Waals surface area contributed by atoms with E-state index in [-0.39, 0.29) is 5.41 Å². The maximum atomic E-state index is 2.51. The average molecular weight is 427 g/mol. The van der Waals surface area contributed by atoms with E-state index < -0.39 is 13.3 Å². The minimum absolute atomic E-state index is 0.188. The first-order chi connectivity index (χ1) is 12.1. The third-order valence-electron chi connectivity index (χ3n) is 5.25. The summed E-state index contributed by atoms with van der Waals surface area (Å²) in [6.45, 7) is 16.1. The number of pyridine rings is 1. The van der Waals surface area contributed by atoms with Crippen LogP contribution in [0.5, 0.6) is 0 Å². The Balaban J connectivity index is 2.65. The summed E-state index contributed by atoms with van der Waals surface area (Å²) < 4.78 is 4.00. The van der Waals surface area contributed by atoms with E-state index in [1.54, 1.807) is 9.96 Å². The molecule has 0 spiro atoms. The van der Waals surface area contributed by atoms with Crippen molar-refractivity contribution in [1.29, 1.82) is 0 Å². The molecular formula is C25H40GeN+. The molecule has 2 rings (SSSR count). The Morgan fingerprint density at radius 2 is 1.52 bits per heavy atom. The molecule has 0 aliphatic heterocycles.